The van der Waals surface area contributed by atoms with Gasteiger partial charge >= 0.3 is 0 Å². The van der Waals surface area contributed by atoms with Crippen LogP contribution in [-0.2, 0) is 0 Å². The van der Waals surface area contributed by atoms with Crippen molar-refractivity contribution in [2.75, 3.05) is 25.5 Å². The molecule has 19 heavy (non-hydrogen) atoms. The van der Waals surface area contributed by atoms with Gasteiger partial charge in [0.05, 0.1) is 12.1 Å². The number of nitrogens with one attached hydrogen (secondary N) is 1. The van der Waals surface area contributed by atoms with Crippen LogP contribution < -0.4 is 10.1 Å². The maximum atomic E-state index is 6.18. The van der Waals surface area contributed by atoms with E-state index in [4.69, 9.17) is 16.3 Å². The lowest BCUT2D eigenvalue weighted by molar-refractivity contribution is 0.193. The van der Waals surface area contributed by atoms with Gasteiger partial charge in [0.25, 0.3) is 0 Å². The van der Waals surface area contributed by atoms with Gasteiger partial charge in [0.1, 0.15) is 5.75 Å². The number of halogens is 1. The maximum absolute atomic E-state index is 6.18. The Bertz CT molecular complexity index is 452. The van der Waals surface area contributed by atoms with Crippen molar-refractivity contribution in [3.8, 4) is 5.75 Å². The Kier molecular flexibility index (Phi) is 3.85. The van der Waals surface area contributed by atoms with Crippen molar-refractivity contribution >= 4 is 17.3 Å². The van der Waals surface area contributed by atoms with Crippen LogP contribution in [-0.4, -0.2) is 37.2 Å². The molecule has 2 atom stereocenters. The highest BCUT2D eigenvalue weighted by atomic mass is 35.5. The molecule has 2 unspecified atom stereocenters. The van der Waals surface area contributed by atoms with E-state index in [-0.39, 0.29) is 0 Å². The second-order valence-corrected chi connectivity index (χ2v) is 5.90. The van der Waals surface area contributed by atoms with Crippen molar-refractivity contribution < 1.29 is 4.74 Å². The molecule has 1 aromatic carbocycles. The first-order chi connectivity index (χ1) is 9.28. The molecule has 1 N–H and O–H groups in total. The van der Waals surface area contributed by atoms with Gasteiger partial charge in [-0.3, -0.25) is 4.90 Å². The molecule has 0 aliphatic carbocycles. The highest BCUT2D eigenvalue weighted by molar-refractivity contribution is 6.32. The van der Waals surface area contributed by atoms with E-state index in [1.54, 1.807) is 7.11 Å². The standard InChI is InChI=1S/C15H21ClN2O/c1-19-15-6-5-11(10-12(15)16)17-13-7-9-18-8-3-2-4-14(13)18/h5-6,10,13-14,17H,2-4,7-9H2,1H3. The fourth-order valence-electron chi connectivity index (χ4n) is 3.39. The highest BCUT2D eigenvalue weighted by Crippen LogP contribution is 2.32. The molecule has 1 aromatic rings. The summed E-state index contributed by atoms with van der Waals surface area (Å²) in [5.41, 5.74) is 1.10. The van der Waals surface area contributed by atoms with Gasteiger partial charge in [-0.05, 0) is 44.0 Å². The lowest BCUT2D eigenvalue weighted by Crippen LogP contribution is -2.41. The van der Waals surface area contributed by atoms with Gasteiger partial charge < -0.3 is 10.1 Å². The number of rotatable bonds is 3. The largest absolute Gasteiger partial charge is 0.495 e. The van der Waals surface area contributed by atoms with E-state index in [0.717, 1.165) is 11.4 Å². The van der Waals surface area contributed by atoms with E-state index < -0.39 is 0 Å². The van der Waals surface area contributed by atoms with E-state index in [0.29, 0.717) is 17.1 Å². The third-order valence-electron chi connectivity index (χ3n) is 4.36. The summed E-state index contributed by atoms with van der Waals surface area (Å²) in [7, 11) is 1.64. The van der Waals surface area contributed by atoms with Gasteiger partial charge in [-0.1, -0.05) is 18.0 Å². The van der Waals surface area contributed by atoms with Crippen LogP contribution in [0.3, 0.4) is 0 Å². The molecule has 0 radical (unpaired) electrons. The number of fused-ring (bicyclic) bond motifs is 1. The van der Waals surface area contributed by atoms with Gasteiger partial charge in [-0.25, -0.2) is 0 Å². The highest BCUT2D eigenvalue weighted by Gasteiger charge is 2.35. The number of nitrogens with zero attached hydrogens (tertiary/aromatic N) is 1. The van der Waals surface area contributed by atoms with Crippen LogP contribution in [0.25, 0.3) is 0 Å². The molecule has 2 aliphatic rings. The molecular weight excluding hydrogens is 260 g/mol. The third kappa shape index (κ3) is 2.67. The fraction of sp³-hybridized carbons (Fsp3) is 0.600. The van der Waals surface area contributed by atoms with E-state index in [1.807, 2.05) is 12.1 Å². The van der Waals surface area contributed by atoms with Crippen LogP contribution >= 0.6 is 11.6 Å². The second-order valence-electron chi connectivity index (χ2n) is 5.49. The summed E-state index contributed by atoms with van der Waals surface area (Å²) >= 11 is 6.18. The summed E-state index contributed by atoms with van der Waals surface area (Å²) in [6.45, 7) is 2.50. The normalized spacial score (nSPS) is 27.1. The van der Waals surface area contributed by atoms with Crippen LogP contribution in [0.15, 0.2) is 18.2 Å². The number of hydrogen-bond donors (Lipinski definition) is 1. The zero-order valence-corrected chi connectivity index (χ0v) is 12.1. The summed E-state index contributed by atoms with van der Waals surface area (Å²) in [6.07, 6.45) is 5.27. The first-order valence-electron chi connectivity index (χ1n) is 7.12. The smallest absolute Gasteiger partial charge is 0.137 e. The van der Waals surface area contributed by atoms with Crippen molar-refractivity contribution in [1.29, 1.82) is 0 Å². The van der Waals surface area contributed by atoms with Crippen LogP contribution in [0.1, 0.15) is 25.7 Å². The summed E-state index contributed by atoms with van der Waals surface area (Å²) < 4.78 is 5.19. The van der Waals surface area contributed by atoms with E-state index in [1.165, 1.54) is 38.8 Å². The third-order valence-corrected chi connectivity index (χ3v) is 4.66. The van der Waals surface area contributed by atoms with Crippen molar-refractivity contribution in [2.45, 2.75) is 37.8 Å². The van der Waals surface area contributed by atoms with E-state index in [2.05, 4.69) is 16.3 Å². The fourth-order valence-corrected chi connectivity index (χ4v) is 3.64. The molecule has 104 valence electrons. The van der Waals surface area contributed by atoms with Gasteiger partial charge in [0.15, 0.2) is 0 Å². The summed E-state index contributed by atoms with van der Waals surface area (Å²) in [4.78, 5) is 2.63. The molecule has 2 fully saturated rings. The van der Waals surface area contributed by atoms with Crippen LogP contribution in [0.5, 0.6) is 5.75 Å². The second kappa shape index (κ2) is 5.59. The SMILES string of the molecule is COc1ccc(NC2CCN3CCCCC23)cc1Cl. The Hall–Kier alpha value is -0.930. The Morgan fingerprint density at radius 1 is 1.26 bits per heavy atom. The molecule has 0 amide bonds. The molecule has 2 aliphatic heterocycles. The zero-order chi connectivity index (χ0) is 13.2. The van der Waals surface area contributed by atoms with Crippen molar-refractivity contribution in [3.63, 3.8) is 0 Å². The maximum Gasteiger partial charge on any atom is 0.137 e. The molecule has 2 heterocycles. The van der Waals surface area contributed by atoms with Crippen molar-refractivity contribution in [3.05, 3.63) is 23.2 Å². The average molecular weight is 281 g/mol. The molecule has 3 rings (SSSR count). The summed E-state index contributed by atoms with van der Waals surface area (Å²) in [5, 5.41) is 4.32. The Labute approximate surface area is 119 Å². The van der Waals surface area contributed by atoms with Gasteiger partial charge in [-0.2, -0.15) is 0 Å². The van der Waals surface area contributed by atoms with Crippen molar-refractivity contribution in [2.24, 2.45) is 0 Å². The van der Waals surface area contributed by atoms with Crippen LogP contribution in [0, 0.1) is 0 Å². The predicted molar refractivity (Wildman–Crippen MR) is 79.2 cm³/mol. The van der Waals surface area contributed by atoms with E-state index in [9.17, 15) is 0 Å². The van der Waals surface area contributed by atoms with Crippen LogP contribution in [0.4, 0.5) is 5.69 Å². The minimum atomic E-state index is 0.560. The molecule has 2 saturated heterocycles. The number of methoxy groups -OCH3 is 1. The summed E-state index contributed by atoms with van der Waals surface area (Å²) in [5.74, 6) is 0.734. The monoisotopic (exact) mass is 280 g/mol. The minimum Gasteiger partial charge on any atom is -0.495 e. The first-order valence-corrected chi connectivity index (χ1v) is 7.50. The molecular formula is C15H21ClN2O. The molecule has 0 aromatic heterocycles. The van der Waals surface area contributed by atoms with E-state index >= 15 is 0 Å². The van der Waals surface area contributed by atoms with Gasteiger partial charge in [0.2, 0.25) is 0 Å². The predicted octanol–water partition coefficient (Wildman–Crippen LogP) is 3.39. The average Bonchev–Trinajstić information content (AvgIpc) is 2.83. The first kappa shape index (κ1) is 13.1. The Balaban J connectivity index is 1.69. The zero-order valence-electron chi connectivity index (χ0n) is 11.4. The van der Waals surface area contributed by atoms with Crippen molar-refractivity contribution in [1.82, 2.24) is 4.90 Å². The lowest BCUT2D eigenvalue weighted by Gasteiger charge is -2.33. The van der Waals surface area contributed by atoms with Crippen LogP contribution in [0.2, 0.25) is 5.02 Å². The number of ether oxygens (including phenoxy) is 1. The topological polar surface area (TPSA) is 24.5 Å². The molecule has 3 nitrogen and oxygen atoms in total. The minimum absolute atomic E-state index is 0.560. The Morgan fingerprint density at radius 2 is 2.16 bits per heavy atom. The quantitative estimate of drug-likeness (QED) is 0.919. The Morgan fingerprint density at radius 3 is 2.95 bits per heavy atom. The lowest BCUT2D eigenvalue weighted by atomic mass is 9.99. The molecule has 0 saturated carbocycles. The van der Waals surface area contributed by atoms with Gasteiger partial charge in [-0.15, -0.1) is 0 Å². The number of hydrogen-bond acceptors (Lipinski definition) is 3. The number of piperidine rings is 1. The number of benzene rings is 1. The number of anilines is 1. The molecule has 0 bridgehead atoms. The molecule has 4 heteroatoms. The van der Waals surface area contributed by atoms with Gasteiger partial charge in [0, 0.05) is 24.3 Å². The summed E-state index contributed by atoms with van der Waals surface area (Å²) in [6, 6.07) is 7.21. The molecule has 0 spiro atoms.